The van der Waals surface area contributed by atoms with E-state index in [-0.39, 0.29) is 11.9 Å². The monoisotopic (exact) mass is 405 g/mol. The fraction of sp³-hybridized carbons (Fsp3) is 0.217. The molecule has 30 heavy (non-hydrogen) atoms. The van der Waals surface area contributed by atoms with Crippen LogP contribution in [0.25, 0.3) is 11.4 Å². The van der Waals surface area contributed by atoms with Gasteiger partial charge in [-0.3, -0.25) is 0 Å². The van der Waals surface area contributed by atoms with Gasteiger partial charge in [0.05, 0.1) is 25.2 Å². The van der Waals surface area contributed by atoms with Crippen molar-refractivity contribution in [3.05, 3.63) is 89.8 Å². The van der Waals surface area contributed by atoms with Crippen molar-refractivity contribution in [2.75, 3.05) is 7.11 Å². The molecule has 0 saturated heterocycles. The minimum atomic E-state index is -0.296. The summed E-state index contributed by atoms with van der Waals surface area (Å²) < 4.78 is 22.7. The lowest BCUT2D eigenvalue weighted by Gasteiger charge is -2.13. The normalized spacial score (nSPS) is 12.1. The third-order valence-corrected chi connectivity index (χ3v) is 5.18. The number of para-hydroxylation sites is 1. The largest absolute Gasteiger partial charge is 0.497 e. The molecule has 0 radical (unpaired) electrons. The molecule has 1 N–H and O–H groups in total. The Balaban J connectivity index is 1.44. The molecule has 154 valence electrons. The number of methoxy groups -OCH3 is 1. The Kier molecular flexibility index (Phi) is 5.63. The van der Waals surface area contributed by atoms with Gasteiger partial charge in [0.25, 0.3) is 0 Å². The molecule has 0 saturated carbocycles. The molecule has 7 heteroatoms. The molecule has 0 amide bonds. The van der Waals surface area contributed by atoms with Crippen LogP contribution in [0, 0.1) is 12.7 Å². The van der Waals surface area contributed by atoms with E-state index in [4.69, 9.17) is 4.74 Å². The molecule has 2 aromatic heterocycles. The highest BCUT2D eigenvalue weighted by molar-refractivity contribution is 5.39. The third-order valence-electron chi connectivity index (χ3n) is 5.18. The van der Waals surface area contributed by atoms with Crippen molar-refractivity contribution in [1.29, 1.82) is 0 Å². The van der Waals surface area contributed by atoms with Crippen molar-refractivity contribution >= 4 is 0 Å². The first kappa shape index (κ1) is 19.8. The molecular weight excluding hydrogens is 381 g/mol. The molecule has 0 unspecified atom stereocenters. The number of nitrogens with one attached hydrogen (secondary N) is 1. The topological polar surface area (TPSA) is 56.9 Å². The van der Waals surface area contributed by atoms with Crippen LogP contribution in [0.4, 0.5) is 4.39 Å². The second-order valence-electron chi connectivity index (χ2n) is 7.14. The summed E-state index contributed by atoms with van der Waals surface area (Å²) in [4.78, 5) is 0. The van der Waals surface area contributed by atoms with E-state index in [2.05, 4.69) is 29.4 Å². The Bertz CT molecular complexity index is 1130. The Morgan fingerprint density at radius 1 is 1.07 bits per heavy atom. The smallest absolute Gasteiger partial charge is 0.148 e. The zero-order chi connectivity index (χ0) is 21.1. The first-order valence-electron chi connectivity index (χ1n) is 9.77. The van der Waals surface area contributed by atoms with Gasteiger partial charge in [-0.1, -0.05) is 12.1 Å². The van der Waals surface area contributed by atoms with Gasteiger partial charge in [-0.05, 0) is 50.2 Å². The number of aromatic nitrogens is 4. The van der Waals surface area contributed by atoms with Crippen molar-refractivity contribution in [2.24, 2.45) is 0 Å². The van der Waals surface area contributed by atoms with E-state index in [1.807, 2.05) is 41.3 Å². The van der Waals surface area contributed by atoms with Gasteiger partial charge in [0.2, 0.25) is 0 Å². The van der Waals surface area contributed by atoms with E-state index in [1.165, 1.54) is 6.07 Å². The lowest BCUT2D eigenvalue weighted by atomic mass is 10.1. The summed E-state index contributed by atoms with van der Waals surface area (Å²) in [6.45, 7) is 4.77. The van der Waals surface area contributed by atoms with Gasteiger partial charge in [0.15, 0.2) is 0 Å². The van der Waals surface area contributed by atoms with Gasteiger partial charge in [-0.15, -0.1) is 0 Å². The van der Waals surface area contributed by atoms with Crippen LogP contribution in [0.3, 0.4) is 0 Å². The maximum absolute atomic E-state index is 14.0. The number of hydrogen-bond acceptors (Lipinski definition) is 4. The van der Waals surface area contributed by atoms with Crippen LogP contribution in [0.5, 0.6) is 5.75 Å². The minimum absolute atomic E-state index is 0.0915. The summed E-state index contributed by atoms with van der Waals surface area (Å²) in [6.07, 6.45) is 5.48. The van der Waals surface area contributed by atoms with Gasteiger partial charge in [0, 0.05) is 35.6 Å². The maximum Gasteiger partial charge on any atom is 0.148 e. The molecule has 0 aliphatic carbocycles. The van der Waals surface area contributed by atoms with Gasteiger partial charge in [-0.2, -0.15) is 10.2 Å². The lowest BCUT2D eigenvalue weighted by molar-refractivity contribution is 0.414. The summed E-state index contributed by atoms with van der Waals surface area (Å²) in [6, 6.07) is 14.5. The first-order chi connectivity index (χ1) is 14.6. The summed E-state index contributed by atoms with van der Waals surface area (Å²) in [5.74, 6) is 0.518. The van der Waals surface area contributed by atoms with Crippen LogP contribution in [0.2, 0.25) is 0 Å². The highest BCUT2D eigenvalue weighted by Crippen LogP contribution is 2.22. The number of benzene rings is 2. The average molecular weight is 405 g/mol. The van der Waals surface area contributed by atoms with Crippen LogP contribution >= 0.6 is 0 Å². The second-order valence-corrected chi connectivity index (χ2v) is 7.14. The fourth-order valence-electron chi connectivity index (χ4n) is 3.43. The molecule has 0 bridgehead atoms. The highest BCUT2D eigenvalue weighted by atomic mass is 19.1. The zero-order valence-corrected chi connectivity index (χ0v) is 17.2. The predicted molar refractivity (Wildman–Crippen MR) is 114 cm³/mol. The Morgan fingerprint density at radius 3 is 2.57 bits per heavy atom. The molecule has 2 heterocycles. The molecule has 0 spiro atoms. The first-order valence-corrected chi connectivity index (χ1v) is 9.77. The summed E-state index contributed by atoms with van der Waals surface area (Å²) in [5, 5.41) is 12.3. The molecule has 4 rings (SSSR count). The molecule has 1 atom stereocenters. The molecule has 2 aromatic carbocycles. The molecular formula is C23H24FN5O. The van der Waals surface area contributed by atoms with Crippen LogP contribution < -0.4 is 10.1 Å². The van der Waals surface area contributed by atoms with Crippen molar-refractivity contribution in [3.8, 4) is 17.1 Å². The lowest BCUT2D eigenvalue weighted by Crippen LogP contribution is -2.18. The average Bonchev–Trinajstić information content (AvgIpc) is 3.39. The number of hydrogen-bond donors (Lipinski definition) is 1. The van der Waals surface area contributed by atoms with Gasteiger partial charge >= 0.3 is 0 Å². The number of halogens is 1. The molecule has 4 aromatic rings. The van der Waals surface area contributed by atoms with E-state index < -0.39 is 0 Å². The zero-order valence-electron chi connectivity index (χ0n) is 17.2. The van der Waals surface area contributed by atoms with Gasteiger partial charge in [0.1, 0.15) is 17.3 Å². The summed E-state index contributed by atoms with van der Waals surface area (Å²) >= 11 is 0. The molecule has 0 fully saturated rings. The minimum Gasteiger partial charge on any atom is -0.497 e. The van der Waals surface area contributed by atoms with Crippen LogP contribution in [0.15, 0.2) is 67.1 Å². The third kappa shape index (κ3) is 3.97. The molecule has 6 nitrogen and oxygen atoms in total. The number of rotatable bonds is 7. The Hall–Kier alpha value is -3.45. The summed E-state index contributed by atoms with van der Waals surface area (Å²) in [5.41, 5.74) is 4.59. The van der Waals surface area contributed by atoms with Crippen molar-refractivity contribution in [2.45, 2.75) is 26.4 Å². The standard InChI is InChI=1S/C23H24FN5O/c1-16(21-14-27-29(17(21)2)19-8-10-20(30-3)11-9-19)25-12-18-13-26-28(15-18)23-7-5-4-6-22(23)24/h4-11,13-16,25H,12H2,1-3H3/t16-/m0/s1. The van der Waals surface area contributed by atoms with Gasteiger partial charge < -0.3 is 10.1 Å². The van der Waals surface area contributed by atoms with Crippen LogP contribution in [-0.4, -0.2) is 26.7 Å². The van der Waals surface area contributed by atoms with Gasteiger partial charge in [-0.25, -0.2) is 13.8 Å². The van der Waals surface area contributed by atoms with Crippen molar-refractivity contribution < 1.29 is 9.13 Å². The summed E-state index contributed by atoms with van der Waals surface area (Å²) in [7, 11) is 1.65. The maximum atomic E-state index is 14.0. The molecule has 0 aliphatic heterocycles. The van der Waals surface area contributed by atoms with Crippen LogP contribution in [0.1, 0.15) is 29.8 Å². The number of nitrogens with zero attached hydrogens (tertiary/aromatic N) is 4. The van der Waals surface area contributed by atoms with E-state index in [9.17, 15) is 4.39 Å². The van der Waals surface area contributed by atoms with E-state index in [1.54, 1.807) is 36.2 Å². The fourth-order valence-corrected chi connectivity index (χ4v) is 3.43. The Labute approximate surface area is 174 Å². The van der Waals surface area contributed by atoms with E-state index in [0.29, 0.717) is 12.2 Å². The van der Waals surface area contributed by atoms with Crippen molar-refractivity contribution in [3.63, 3.8) is 0 Å². The van der Waals surface area contributed by atoms with Crippen molar-refractivity contribution in [1.82, 2.24) is 24.9 Å². The second kappa shape index (κ2) is 8.51. The van der Waals surface area contributed by atoms with Crippen LogP contribution in [-0.2, 0) is 6.54 Å². The number of ether oxygens (including phenoxy) is 1. The predicted octanol–water partition coefficient (Wildman–Crippen LogP) is 4.36. The van der Waals surface area contributed by atoms with E-state index >= 15 is 0 Å². The quantitative estimate of drug-likeness (QED) is 0.496. The highest BCUT2D eigenvalue weighted by Gasteiger charge is 2.15. The Morgan fingerprint density at radius 2 is 1.83 bits per heavy atom. The SMILES string of the molecule is COc1ccc(-n2ncc([C@H](C)NCc3cnn(-c4ccccc4F)c3)c2C)cc1. The molecule has 0 aliphatic rings. The van der Waals surface area contributed by atoms with E-state index in [0.717, 1.165) is 28.3 Å².